The Balaban J connectivity index is 1.57. The minimum Gasteiger partial charge on any atom is -0.370 e. The van der Waals surface area contributed by atoms with Crippen LogP contribution in [0.2, 0.25) is 0 Å². The summed E-state index contributed by atoms with van der Waals surface area (Å²) < 4.78 is 0. The first-order valence-corrected chi connectivity index (χ1v) is 27.0. The van der Waals surface area contributed by atoms with Gasteiger partial charge in [0.2, 0.25) is 53.2 Å². The number of guanidine groups is 1. The van der Waals surface area contributed by atoms with Gasteiger partial charge in [0, 0.05) is 73.2 Å². The summed E-state index contributed by atoms with van der Waals surface area (Å²) in [6.07, 6.45) is 5.83. The summed E-state index contributed by atoms with van der Waals surface area (Å²) in [6, 6.07) is 5.64. The van der Waals surface area contributed by atoms with Crippen LogP contribution in [0.5, 0.6) is 0 Å². The molecule has 75 heavy (non-hydrogen) atoms. The van der Waals surface area contributed by atoms with Gasteiger partial charge in [0.1, 0.15) is 48.3 Å². The zero-order valence-electron chi connectivity index (χ0n) is 41.9. The van der Waals surface area contributed by atoms with E-state index in [1.165, 1.54) is 26.4 Å². The van der Waals surface area contributed by atoms with Crippen molar-refractivity contribution in [3.05, 3.63) is 90.1 Å². The number of unbranched alkanes of at least 4 members (excludes halogenated alkanes) is 1. The number of carbonyl (C=O) groups is 9. The maximum atomic E-state index is 14.7. The molecule has 9 amide bonds. The molecule has 8 atom stereocenters. The normalized spacial score (nSPS) is 22.2. The first-order valence-electron chi connectivity index (χ1n) is 24.5. The molecule has 0 spiro atoms. The number of nitrogens with two attached hydrogens (primary N) is 3. The molecular weight excluding hydrogens is 1010 g/mol. The fourth-order valence-corrected chi connectivity index (χ4v) is 10.3. The Labute approximate surface area is 441 Å². The lowest BCUT2D eigenvalue weighted by molar-refractivity contribution is -0.135. The van der Waals surface area contributed by atoms with Crippen LogP contribution in [0.15, 0.2) is 78.3 Å². The number of primary amides is 1. The van der Waals surface area contributed by atoms with E-state index in [1.54, 1.807) is 36.5 Å². The molecule has 0 aliphatic carbocycles. The highest BCUT2D eigenvalue weighted by Crippen LogP contribution is 2.24. The standard InChI is InChI=1S/C49H67N15O9S2/c1-4-5-15-34(58-28(3)65)43(68)64-40-25-75-74-24-39(41(50)66)63-42(67)27(2)57-45(70)37(20-30-22-55-33-16-10-9-14-32(30)33)61-44(69)35(17-11-18-54-49(51)52)59-46(71)36(19-29-12-7-6-8-13-29)60-47(72)38(62-48(40)73)21-31-23-53-26-56-31/h6-10,12-14,16,22-23,26-27,34-40,55H,4-5,11,15,17-21,24-25H2,1-3H3,(H2,50,66)(H,53,56)(H,57,70)(H,58,65)(H,59,71)(H,60,72)(H,61,69)(H,62,73)(H,63,67)(H,64,68)(H4,51,52,54)/t27-,34+,35+,36-,37-,38+,39+,40+/m1/s1. The van der Waals surface area contributed by atoms with Gasteiger partial charge in [-0.25, -0.2) is 4.98 Å². The maximum absolute atomic E-state index is 14.7. The first-order chi connectivity index (χ1) is 35.9. The van der Waals surface area contributed by atoms with Crippen molar-refractivity contribution in [2.45, 2.75) is 120 Å². The number of fused-ring (bicyclic) bond motifs is 1. The molecule has 1 aliphatic rings. The number of rotatable bonds is 17. The predicted octanol–water partition coefficient (Wildman–Crippen LogP) is -1.04. The van der Waals surface area contributed by atoms with Gasteiger partial charge < -0.3 is 69.7 Å². The molecule has 5 rings (SSSR count). The summed E-state index contributed by atoms with van der Waals surface area (Å²) in [5.74, 6) is -7.35. The molecule has 0 radical (unpaired) electrons. The van der Waals surface area contributed by atoms with Crippen molar-refractivity contribution in [2.24, 2.45) is 22.2 Å². The van der Waals surface area contributed by atoms with Crippen molar-refractivity contribution >= 4 is 91.6 Å². The number of carbonyl (C=O) groups excluding carboxylic acids is 9. The second-order valence-corrected chi connectivity index (χ2v) is 20.5. The van der Waals surface area contributed by atoms with Crippen LogP contribution in [0.4, 0.5) is 0 Å². The van der Waals surface area contributed by atoms with Crippen LogP contribution in [0.1, 0.15) is 69.7 Å². The van der Waals surface area contributed by atoms with Gasteiger partial charge in [-0.2, -0.15) is 0 Å². The molecule has 0 saturated carbocycles. The Morgan fingerprint density at radius 3 is 2.03 bits per heavy atom. The zero-order chi connectivity index (χ0) is 54.4. The van der Waals surface area contributed by atoms with Gasteiger partial charge in [0.25, 0.3) is 0 Å². The van der Waals surface area contributed by atoms with Gasteiger partial charge in [-0.15, -0.1) is 0 Å². The van der Waals surface area contributed by atoms with Crippen molar-refractivity contribution in [3.63, 3.8) is 0 Å². The molecule has 2 aromatic carbocycles. The van der Waals surface area contributed by atoms with E-state index < -0.39 is 101 Å². The lowest BCUT2D eigenvalue weighted by Crippen LogP contribution is -2.61. The number of hydrogen-bond donors (Lipinski definition) is 13. The Hall–Kier alpha value is -7.61. The third-order valence-electron chi connectivity index (χ3n) is 12.0. The van der Waals surface area contributed by atoms with E-state index in [0.29, 0.717) is 29.7 Å². The van der Waals surface area contributed by atoms with Gasteiger partial charge in [-0.05, 0) is 43.4 Å². The van der Waals surface area contributed by atoms with Crippen molar-refractivity contribution < 1.29 is 43.2 Å². The molecule has 0 unspecified atom stereocenters. The average molecular weight is 1070 g/mol. The largest absolute Gasteiger partial charge is 0.370 e. The number of H-pyrrole nitrogens is 2. The summed E-state index contributed by atoms with van der Waals surface area (Å²) in [7, 11) is 2.08. The van der Waals surface area contributed by atoms with Gasteiger partial charge in [-0.3, -0.25) is 48.1 Å². The molecule has 1 saturated heterocycles. The monoisotopic (exact) mass is 1070 g/mol. The number of imidazole rings is 1. The Morgan fingerprint density at radius 1 is 0.733 bits per heavy atom. The van der Waals surface area contributed by atoms with E-state index in [9.17, 15) is 43.2 Å². The highest BCUT2D eigenvalue weighted by atomic mass is 33.1. The summed E-state index contributed by atoms with van der Waals surface area (Å²) in [5, 5.41) is 22.4. The van der Waals surface area contributed by atoms with Crippen LogP contribution < -0.4 is 59.7 Å². The molecule has 16 N–H and O–H groups in total. The first kappa shape index (κ1) is 58.3. The van der Waals surface area contributed by atoms with Crippen molar-refractivity contribution in [1.82, 2.24) is 57.5 Å². The molecule has 0 bridgehead atoms. The van der Waals surface area contributed by atoms with Gasteiger partial charge in [0.15, 0.2) is 5.96 Å². The molecule has 404 valence electrons. The number of benzene rings is 2. The van der Waals surface area contributed by atoms with E-state index in [0.717, 1.165) is 32.5 Å². The average Bonchev–Trinajstić information content (AvgIpc) is 4.05. The summed E-state index contributed by atoms with van der Waals surface area (Å²) >= 11 is 0. The molecule has 26 heteroatoms. The Morgan fingerprint density at radius 2 is 1.36 bits per heavy atom. The van der Waals surface area contributed by atoms with Gasteiger partial charge in [0.05, 0.1) is 6.33 Å². The molecule has 1 fully saturated rings. The summed E-state index contributed by atoms with van der Waals surface area (Å²) in [6.45, 7) is 4.61. The zero-order valence-corrected chi connectivity index (χ0v) is 43.6. The molecule has 3 heterocycles. The minimum atomic E-state index is -1.41. The Kier molecular flexibility index (Phi) is 22.8. The predicted molar refractivity (Wildman–Crippen MR) is 285 cm³/mol. The molecular formula is C49H67N15O9S2. The van der Waals surface area contributed by atoms with Crippen molar-refractivity contribution in [1.29, 1.82) is 0 Å². The highest BCUT2D eigenvalue weighted by Gasteiger charge is 2.35. The topological polar surface area (TPSA) is 385 Å². The van der Waals surface area contributed by atoms with E-state index >= 15 is 0 Å². The number of nitrogens with one attached hydrogen (secondary N) is 10. The quantitative estimate of drug-likeness (QED) is 0.0260. The molecule has 2 aromatic heterocycles. The molecule has 1 aliphatic heterocycles. The van der Waals surface area contributed by atoms with Crippen LogP contribution in [-0.4, -0.2) is 140 Å². The Bertz CT molecular complexity index is 2630. The van der Waals surface area contributed by atoms with E-state index in [1.807, 2.05) is 31.2 Å². The number of aromatic nitrogens is 3. The number of hydrogen-bond acceptors (Lipinski definition) is 13. The smallest absolute Gasteiger partial charge is 0.244 e. The minimum absolute atomic E-state index is 0.0576. The SMILES string of the molecule is CCCC[C@H](NC(C)=O)C(=O)N[C@H]1CSSC[C@@H](C(N)=O)NC(=O)[C@@H](C)NC(=O)[C@@H](Cc2c[nH]c3ccccc23)NC(=O)[C@H](CCCN=C(N)N)NC(=O)[C@@H](Cc2ccccc2)NC(=O)[C@H](Cc2cnc[nH]2)NC1=O. The van der Waals surface area contributed by atoms with E-state index in [4.69, 9.17) is 17.2 Å². The number of amides is 9. The lowest BCUT2D eigenvalue weighted by Gasteiger charge is -2.28. The second-order valence-electron chi connectivity index (χ2n) is 17.9. The number of aromatic amines is 2. The maximum Gasteiger partial charge on any atom is 0.244 e. The summed E-state index contributed by atoms with van der Waals surface area (Å²) in [4.78, 5) is 139. The van der Waals surface area contributed by atoms with Crippen LogP contribution in [0, 0.1) is 0 Å². The van der Waals surface area contributed by atoms with Gasteiger partial charge >= 0.3 is 0 Å². The van der Waals surface area contributed by atoms with Crippen molar-refractivity contribution in [3.8, 4) is 0 Å². The second kappa shape index (κ2) is 29.3. The number of para-hydroxylation sites is 1. The van der Waals surface area contributed by atoms with Crippen LogP contribution in [0.3, 0.4) is 0 Å². The fourth-order valence-electron chi connectivity index (χ4n) is 7.96. The van der Waals surface area contributed by atoms with E-state index in [-0.39, 0.29) is 62.5 Å². The van der Waals surface area contributed by atoms with Crippen LogP contribution >= 0.6 is 21.6 Å². The van der Waals surface area contributed by atoms with Crippen LogP contribution in [-0.2, 0) is 62.4 Å². The fraction of sp³-hybridized carbons (Fsp3) is 0.449. The number of aliphatic imine (C=N–C) groups is 1. The molecule has 24 nitrogen and oxygen atoms in total. The third kappa shape index (κ3) is 18.7. The van der Waals surface area contributed by atoms with E-state index in [2.05, 4.69) is 62.5 Å². The lowest BCUT2D eigenvalue weighted by atomic mass is 10.0. The number of nitrogens with zero attached hydrogens (tertiary/aromatic N) is 2. The van der Waals surface area contributed by atoms with Gasteiger partial charge in [-0.1, -0.05) is 89.9 Å². The molecule has 4 aromatic rings. The van der Waals surface area contributed by atoms with Crippen molar-refractivity contribution in [2.75, 3.05) is 18.1 Å². The highest BCUT2D eigenvalue weighted by molar-refractivity contribution is 8.76. The summed E-state index contributed by atoms with van der Waals surface area (Å²) in [5.41, 5.74) is 19.4. The third-order valence-corrected chi connectivity index (χ3v) is 14.4. The van der Waals surface area contributed by atoms with Crippen LogP contribution in [0.25, 0.3) is 10.9 Å².